The Hall–Kier alpha value is -4.23. The minimum Gasteiger partial charge on any atom is -0.361 e. The molecular formula is C28H27F4N7OSi. The molecule has 41 heavy (non-hydrogen) atoms. The number of pyridine rings is 2. The maximum Gasteiger partial charge on any atom is 0.418 e. The fraction of sp³-hybridized carbons (Fsp3) is 0.250. The molecule has 0 saturated heterocycles. The van der Waals surface area contributed by atoms with Gasteiger partial charge in [-0.25, -0.2) is 9.37 Å². The van der Waals surface area contributed by atoms with E-state index in [4.69, 9.17) is 4.74 Å². The van der Waals surface area contributed by atoms with Crippen molar-refractivity contribution in [1.29, 1.82) is 0 Å². The highest BCUT2D eigenvalue weighted by Crippen LogP contribution is 2.36. The third kappa shape index (κ3) is 5.95. The Balaban J connectivity index is 1.66. The molecule has 0 aliphatic heterocycles. The first-order valence-corrected chi connectivity index (χ1v) is 16.4. The van der Waals surface area contributed by atoms with Gasteiger partial charge in [0, 0.05) is 33.3 Å². The minimum absolute atomic E-state index is 0.0110. The molecule has 0 saturated carbocycles. The zero-order valence-corrected chi connectivity index (χ0v) is 23.7. The van der Waals surface area contributed by atoms with Crippen LogP contribution in [-0.4, -0.2) is 49.0 Å². The van der Waals surface area contributed by atoms with Crippen LogP contribution in [0.15, 0.2) is 68.0 Å². The third-order valence-electron chi connectivity index (χ3n) is 6.51. The van der Waals surface area contributed by atoms with Gasteiger partial charge in [-0.15, -0.1) is 10.2 Å². The van der Waals surface area contributed by atoms with E-state index in [0.29, 0.717) is 23.3 Å². The summed E-state index contributed by atoms with van der Waals surface area (Å²) < 4.78 is 65.9. The quantitative estimate of drug-likeness (QED) is 0.111. The van der Waals surface area contributed by atoms with E-state index in [0.717, 1.165) is 41.0 Å². The molecule has 5 aromatic rings. The summed E-state index contributed by atoms with van der Waals surface area (Å²) in [5, 5.41) is 7.94. The van der Waals surface area contributed by atoms with Gasteiger partial charge in [-0.05, 0) is 53.1 Å². The number of nitrogens with zero attached hydrogens (tertiary/aromatic N) is 7. The molecule has 0 radical (unpaired) electrons. The van der Waals surface area contributed by atoms with E-state index >= 15 is 4.39 Å². The second-order valence-electron chi connectivity index (χ2n) is 10.7. The SMILES string of the molecule is C=C(c1ccncc1)c1cc(F)c2nc(-c3nncn3-c3cnccc3C(F)(F)F)n(COCC[Si](C)(C)C)c2c1. The van der Waals surface area contributed by atoms with Gasteiger partial charge in [0.15, 0.2) is 11.6 Å². The average Bonchev–Trinajstić information content (AvgIpc) is 3.55. The highest BCUT2D eigenvalue weighted by molar-refractivity contribution is 6.76. The molecule has 0 bridgehead atoms. The number of aromatic nitrogens is 7. The molecule has 212 valence electrons. The van der Waals surface area contributed by atoms with E-state index < -0.39 is 25.6 Å². The predicted molar refractivity (Wildman–Crippen MR) is 149 cm³/mol. The smallest absolute Gasteiger partial charge is 0.361 e. The number of alkyl halides is 3. The summed E-state index contributed by atoms with van der Waals surface area (Å²) in [4.78, 5) is 12.4. The fourth-order valence-corrected chi connectivity index (χ4v) is 5.05. The van der Waals surface area contributed by atoms with Crippen LogP contribution in [0, 0.1) is 5.82 Å². The number of rotatable bonds is 9. The van der Waals surface area contributed by atoms with E-state index in [-0.39, 0.29) is 29.6 Å². The number of hydrogen-bond donors (Lipinski definition) is 0. The van der Waals surface area contributed by atoms with Crippen molar-refractivity contribution < 1.29 is 22.3 Å². The van der Waals surface area contributed by atoms with Crippen molar-refractivity contribution in [3.05, 3.63) is 90.5 Å². The van der Waals surface area contributed by atoms with Crippen molar-refractivity contribution in [2.75, 3.05) is 6.61 Å². The predicted octanol–water partition coefficient (Wildman–Crippen LogP) is 6.61. The lowest BCUT2D eigenvalue weighted by Crippen LogP contribution is -2.22. The van der Waals surface area contributed by atoms with Gasteiger partial charge in [-0.1, -0.05) is 26.2 Å². The van der Waals surface area contributed by atoms with E-state index in [2.05, 4.69) is 51.4 Å². The average molecular weight is 582 g/mol. The Bertz CT molecular complexity index is 1710. The largest absolute Gasteiger partial charge is 0.418 e. The summed E-state index contributed by atoms with van der Waals surface area (Å²) in [6.07, 6.45) is 1.85. The van der Waals surface area contributed by atoms with Crippen LogP contribution < -0.4 is 0 Å². The zero-order valence-electron chi connectivity index (χ0n) is 22.7. The maximum atomic E-state index is 15.6. The molecule has 0 aliphatic carbocycles. The number of imidazole rings is 1. The van der Waals surface area contributed by atoms with Crippen LogP contribution in [0.5, 0.6) is 0 Å². The minimum atomic E-state index is -4.66. The van der Waals surface area contributed by atoms with Gasteiger partial charge in [-0.2, -0.15) is 13.2 Å². The molecule has 13 heteroatoms. The summed E-state index contributed by atoms with van der Waals surface area (Å²) in [6, 6.07) is 8.34. The molecular weight excluding hydrogens is 554 g/mol. The Labute approximate surface area is 234 Å². The first-order chi connectivity index (χ1) is 19.4. The molecule has 5 rings (SSSR count). The van der Waals surface area contributed by atoms with Gasteiger partial charge >= 0.3 is 6.18 Å². The summed E-state index contributed by atoms with van der Waals surface area (Å²) in [6.45, 7) is 11.2. The second kappa shape index (κ2) is 11.0. The van der Waals surface area contributed by atoms with Crippen molar-refractivity contribution in [3.8, 4) is 17.3 Å². The topological polar surface area (TPSA) is 83.5 Å². The lowest BCUT2D eigenvalue weighted by atomic mass is 10.00. The molecule has 4 aromatic heterocycles. The molecule has 0 aliphatic rings. The first kappa shape index (κ1) is 28.3. The van der Waals surface area contributed by atoms with Gasteiger partial charge in [0.2, 0.25) is 5.82 Å². The van der Waals surface area contributed by atoms with Crippen molar-refractivity contribution >= 4 is 24.7 Å². The molecule has 0 fully saturated rings. The Morgan fingerprint density at radius 1 is 1.00 bits per heavy atom. The molecule has 1 aromatic carbocycles. The summed E-state index contributed by atoms with van der Waals surface area (Å²) in [7, 11) is -1.41. The van der Waals surface area contributed by atoms with Crippen molar-refractivity contribution in [2.45, 2.75) is 38.6 Å². The maximum absolute atomic E-state index is 15.6. The Kier molecular flexibility index (Phi) is 7.57. The van der Waals surface area contributed by atoms with Crippen LogP contribution in [0.2, 0.25) is 25.7 Å². The number of ether oxygens (including phenoxy) is 1. The monoisotopic (exact) mass is 581 g/mol. The van der Waals surface area contributed by atoms with Crippen LogP contribution in [0.4, 0.5) is 17.6 Å². The second-order valence-corrected chi connectivity index (χ2v) is 16.3. The summed E-state index contributed by atoms with van der Waals surface area (Å²) in [5.74, 6) is -0.561. The van der Waals surface area contributed by atoms with E-state index in [9.17, 15) is 13.2 Å². The lowest BCUT2D eigenvalue weighted by molar-refractivity contribution is -0.137. The van der Waals surface area contributed by atoms with Crippen LogP contribution >= 0.6 is 0 Å². The first-order valence-electron chi connectivity index (χ1n) is 12.7. The van der Waals surface area contributed by atoms with Crippen molar-refractivity contribution in [1.82, 2.24) is 34.3 Å². The molecule has 0 amide bonds. The van der Waals surface area contributed by atoms with Crippen LogP contribution in [0.3, 0.4) is 0 Å². The fourth-order valence-electron chi connectivity index (χ4n) is 4.29. The standard InChI is InChI=1S/C28H27F4N7OSi/c1-18(19-5-8-33-9-6-19)20-13-22(29)25-23(14-20)39(17-40-11-12-41(2,3)4)26(36-25)27-37-35-16-38(27)24-15-34-10-7-21(24)28(30,31)32/h5-10,13-16H,1,11-12,17H2,2-4H3. The number of halogens is 4. The Morgan fingerprint density at radius 2 is 1.73 bits per heavy atom. The van der Waals surface area contributed by atoms with E-state index in [1.807, 2.05) is 0 Å². The van der Waals surface area contributed by atoms with Gasteiger partial charge in [-0.3, -0.25) is 19.1 Å². The van der Waals surface area contributed by atoms with Crippen LogP contribution in [0.25, 0.3) is 33.9 Å². The van der Waals surface area contributed by atoms with E-state index in [1.165, 1.54) is 6.07 Å². The van der Waals surface area contributed by atoms with Gasteiger partial charge in [0.05, 0.1) is 23.0 Å². The molecule has 4 heterocycles. The number of benzene rings is 1. The summed E-state index contributed by atoms with van der Waals surface area (Å²) in [5.41, 5.74) is 0.994. The van der Waals surface area contributed by atoms with Gasteiger partial charge in [0.1, 0.15) is 18.6 Å². The lowest BCUT2D eigenvalue weighted by Gasteiger charge is -2.17. The highest BCUT2D eigenvalue weighted by Gasteiger charge is 2.35. The van der Waals surface area contributed by atoms with Crippen molar-refractivity contribution in [2.24, 2.45) is 0 Å². The molecule has 8 nitrogen and oxygen atoms in total. The number of fused-ring (bicyclic) bond motifs is 1. The molecule has 0 unspecified atom stereocenters. The van der Waals surface area contributed by atoms with E-state index in [1.54, 1.807) is 35.2 Å². The van der Waals surface area contributed by atoms with Crippen LogP contribution in [-0.2, 0) is 17.6 Å². The normalized spacial score (nSPS) is 12.3. The van der Waals surface area contributed by atoms with Gasteiger partial charge in [0.25, 0.3) is 0 Å². The van der Waals surface area contributed by atoms with Crippen molar-refractivity contribution in [3.63, 3.8) is 0 Å². The molecule has 0 spiro atoms. The van der Waals surface area contributed by atoms with Gasteiger partial charge < -0.3 is 4.74 Å². The summed E-state index contributed by atoms with van der Waals surface area (Å²) >= 11 is 0. The Morgan fingerprint density at radius 3 is 2.44 bits per heavy atom. The highest BCUT2D eigenvalue weighted by atomic mass is 28.3. The molecule has 0 atom stereocenters. The number of hydrogen-bond acceptors (Lipinski definition) is 6. The zero-order chi connectivity index (χ0) is 29.4. The van der Waals surface area contributed by atoms with Crippen LogP contribution in [0.1, 0.15) is 16.7 Å². The molecule has 0 N–H and O–H groups in total. The third-order valence-corrected chi connectivity index (χ3v) is 8.22.